The van der Waals surface area contributed by atoms with Gasteiger partial charge in [0.2, 0.25) is 0 Å². The lowest BCUT2D eigenvalue weighted by molar-refractivity contribution is -0.128. The molecule has 2 atom stereocenters. The Morgan fingerprint density at radius 1 is 1.35 bits per heavy atom. The maximum absolute atomic E-state index is 13.4. The van der Waals surface area contributed by atoms with Crippen LogP contribution < -0.4 is 16.4 Å². The number of allylic oxidation sites excluding steroid dienone is 1. The number of anilines is 1. The molecule has 0 aromatic heterocycles. The number of carbonyl (C=O) groups excluding carboxylic acids is 1. The molecule has 1 amide bonds. The number of hydrogen-bond acceptors (Lipinski definition) is 6. The summed E-state index contributed by atoms with van der Waals surface area (Å²) < 4.78 is 11.1. The Morgan fingerprint density at radius 2 is 2.09 bits per heavy atom. The van der Waals surface area contributed by atoms with E-state index < -0.39 is 0 Å². The molecule has 0 saturated carbocycles. The van der Waals surface area contributed by atoms with E-state index in [2.05, 4.69) is 22.2 Å². The average molecular weight is 490 g/mol. The average Bonchev–Trinajstić information content (AvgIpc) is 2.85. The van der Waals surface area contributed by atoms with E-state index in [1.165, 1.54) is 0 Å². The van der Waals surface area contributed by atoms with Crippen molar-refractivity contribution in [1.82, 2.24) is 10.2 Å². The number of nitrogens with one attached hydrogen (secondary N) is 2. The van der Waals surface area contributed by atoms with Gasteiger partial charge in [-0.15, -0.1) is 0 Å². The van der Waals surface area contributed by atoms with Crippen LogP contribution in [-0.4, -0.2) is 68.7 Å². The molecular formula is C25H36ClN5O3. The lowest BCUT2D eigenvalue weighted by atomic mass is 9.99. The molecule has 2 saturated heterocycles. The summed E-state index contributed by atoms with van der Waals surface area (Å²) in [6.07, 6.45) is 3.86. The van der Waals surface area contributed by atoms with Gasteiger partial charge >= 0.3 is 0 Å². The minimum Gasteiger partial charge on any atom is -0.390 e. The Morgan fingerprint density at radius 3 is 2.76 bits per heavy atom. The van der Waals surface area contributed by atoms with E-state index in [1.807, 2.05) is 36.9 Å². The SMILES string of the molecule is C=C(Nc1cccc(Cl)c1C)/C(C)=C(\N=CN)C(=O)N1CCC(NC2CCOCC2OC)CC1. The molecular weight excluding hydrogens is 454 g/mol. The molecule has 8 nitrogen and oxygen atoms in total. The van der Waals surface area contributed by atoms with Gasteiger partial charge in [0.1, 0.15) is 5.70 Å². The van der Waals surface area contributed by atoms with Gasteiger partial charge in [-0.05, 0) is 50.8 Å². The maximum atomic E-state index is 13.4. The fourth-order valence-corrected chi connectivity index (χ4v) is 4.54. The van der Waals surface area contributed by atoms with Crippen LogP contribution in [0.4, 0.5) is 5.69 Å². The number of amides is 1. The van der Waals surface area contributed by atoms with Crippen LogP contribution >= 0.6 is 11.6 Å². The Balaban J connectivity index is 1.64. The maximum Gasteiger partial charge on any atom is 0.272 e. The number of hydrogen-bond donors (Lipinski definition) is 3. The highest BCUT2D eigenvalue weighted by Gasteiger charge is 2.31. The van der Waals surface area contributed by atoms with Crippen molar-refractivity contribution in [2.45, 2.75) is 51.3 Å². The van der Waals surface area contributed by atoms with Crippen molar-refractivity contribution in [3.63, 3.8) is 0 Å². The van der Waals surface area contributed by atoms with E-state index in [0.717, 1.165) is 43.5 Å². The van der Waals surface area contributed by atoms with Crippen molar-refractivity contribution < 1.29 is 14.3 Å². The molecule has 2 unspecified atom stereocenters. The third-order valence-electron chi connectivity index (χ3n) is 6.61. The summed E-state index contributed by atoms with van der Waals surface area (Å²) in [5.74, 6) is -0.149. The standard InChI is InChI=1S/C25H36ClN5O3/c1-16(18(3)29-21-7-5-6-20(26)17(21)2)24(28-15-27)25(32)31-11-8-19(9-12-31)30-22-10-13-34-14-23(22)33-4/h5-7,15,19,22-23,29-30H,3,8-14H2,1-2,4H3,(H2,27,28)/b24-16-. The summed E-state index contributed by atoms with van der Waals surface area (Å²) in [5, 5.41) is 7.62. The van der Waals surface area contributed by atoms with E-state index in [1.54, 1.807) is 7.11 Å². The number of rotatable bonds is 8. The number of nitrogens with zero attached hydrogens (tertiary/aromatic N) is 2. The van der Waals surface area contributed by atoms with Crippen molar-refractivity contribution in [3.8, 4) is 0 Å². The molecule has 0 radical (unpaired) electrons. The van der Waals surface area contributed by atoms with E-state index in [4.69, 9.17) is 26.8 Å². The van der Waals surface area contributed by atoms with Crippen LogP contribution in [0.2, 0.25) is 5.02 Å². The smallest absolute Gasteiger partial charge is 0.272 e. The molecule has 2 aliphatic heterocycles. The first-order valence-electron chi connectivity index (χ1n) is 11.7. The van der Waals surface area contributed by atoms with Crippen LogP contribution in [0.3, 0.4) is 0 Å². The fourth-order valence-electron chi connectivity index (χ4n) is 4.37. The molecule has 2 fully saturated rings. The normalized spacial score (nSPS) is 22.5. The highest BCUT2D eigenvalue weighted by molar-refractivity contribution is 6.31. The first kappa shape index (κ1) is 26.2. The van der Waals surface area contributed by atoms with Crippen LogP contribution in [0.5, 0.6) is 0 Å². The number of carbonyl (C=O) groups is 1. The van der Waals surface area contributed by atoms with Crippen LogP contribution in [0.25, 0.3) is 0 Å². The quantitative estimate of drug-likeness (QED) is 0.224. The molecule has 0 bridgehead atoms. The number of likely N-dealkylation sites (tertiary alicyclic amines) is 1. The lowest BCUT2D eigenvalue weighted by Crippen LogP contribution is -2.54. The second-order valence-corrected chi connectivity index (χ2v) is 9.15. The van der Waals surface area contributed by atoms with Gasteiger partial charge in [0.25, 0.3) is 5.91 Å². The summed E-state index contributed by atoms with van der Waals surface area (Å²) in [7, 11) is 1.72. The number of aliphatic imine (C=N–C) groups is 1. The molecule has 1 aromatic carbocycles. The first-order chi connectivity index (χ1) is 16.3. The summed E-state index contributed by atoms with van der Waals surface area (Å²) in [4.78, 5) is 19.4. The monoisotopic (exact) mass is 489 g/mol. The molecule has 0 spiro atoms. The Labute approximate surface area is 207 Å². The number of nitrogens with two attached hydrogens (primary N) is 1. The molecule has 4 N–H and O–H groups in total. The predicted molar refractivity (Wildman–Crippen MR) is 137 cm³/mol. The lowest BCUT2D eigenvalue weighted by Gasteiger charge is -2.38. The third kappa shape index (κ3) is 6.39. The first-order valence-corrected chi connectivity index (χ1v) is 12.1. The van der Waals surface area contributed by atoms with E-state index in [-0.39, 0.29) is 23.8 Å². The molecule has 186 valence electrons. The number of benzene rings is 1. The van der Waals surface area contributed by atoms with Crippen molar-refractivity contribution in [2.75, 3.05) is 38.7 Å². The van der Waals surface area contributed by atoms with Gasteiger partial charge in [0.15, 0.2) is 0 Å². The second kappa shape index (κ2) is 12.4. The number of halogens is 1. The van der Waals surface area contributed by atoms with Crippen LogP contribution in [-0.2, 0) is 14.3 Å². The van der Waals surface area contributed by atoms with Crippen LogP contribution in [0.1, 0.15) is 31.7 Å². The van der Waals surface area contributed by atoms with E-state index >= 15 is 0 Å². The molecule has 9 heteroatoms. The van der Waals surface area contributed by atoms with Gasteiger partial charge in [-0.25, -0.2) is 4.99 Å². The number of methoxy groups -OCH3 is 1. The molecule has 3 rings (SSSR count). The number of ether oxygens (including phenoxy) is 2. The van der Waals surface area contributed by atoms with Gasteiger partial charge in [0.05, 0.1) is 19.0 Å². The minimum absolute atomic E-state index is 0.0612. The molecule has 2 heterocycles. The highest BCUT2D eigenvalue weighted by atomic mass is 35.5. The fraction of sp³-hybridized carbons (Fsp3) is 0.520. The summed E-state index contributed by atoms with van der Waals surface area (Å²) in [6.45, 7) is 10.5. The Kier molecular flexibility index (Phi) is 9.53. The van der Waals surface area contributed by atoms with Gasteiger partial charge in [-0.3, -0.25) is 4.79 Å². The second-order valence-electron chi connectivity index (χ2n) is 8.75. The van der Waals surface area contributed by atoms with Crippen molar-refractivity contribution in [1.29, 1.82) is 0 Å². The Bertz CT molecular complexity index is 940. The zero-order valence-corrected chi connectivity index (χ0v) is 21.0. The largest absolute Gasteiger partial charge is 0.390 e. The van der Waals surface area contributed by atoms with E-state index in [9.17, 15) is 4.79 Å². The summed E-state index contributed by atoms with van der Waals surface area (Å²) >= 11 is 6.23. The van der Waals surface area contributed by atoms with Gasteiger partial charge in [0, 0.05) is 60.9 Å². The molecule has 1 aromatic rings. The van der Waals surface area contributed by atoms with E-state index in [0.29, 0.717) is 42.0 Å². The zero-order chi connectivity index (χ0) is 24.7. The Hall–Kier alpha value is -2.39. The summed E-state index contributed by atoms with van der Waals surface area (Å²) in [6, 6.07) is 6.21. The van der Waals surface area contributed by atoms with Crippen LogP contribution in [0.15, 0.2) is 46.7 Å². The molecule has 2 aliphatic rings. The van der Waals surface area contributed by atoms with Gasteiger partial charge in [-0.2, -0.15) is 0 Å². The summed E-state index contributed by atoms with van der Waals surface area (Å²) in [5.41, 5.74) is 8.81. The predicted octanol–water partition coefficient (Wildman–Crippen LogP) is 3.22. The van der Waals surface area contributed by atoms with Crippen molar-refractivity contribution in [2.24, 2.45) is 10.7 Å². The van der Waals surface area contributed by atoms with Crippen molar-refractivity contribution >= 4 is 29.5 Å². The minimum atomic E-state index is -0.149. The molecule has 0 aliphatic carbocycles. The highest BCUT2D eigenvalue weighted by Crippen LogP contribution is 2.27. The van der Waals surface area contributed by atoms with Crippen LogP contribution in [0, 0.1) is 6.92 Å². The van der Waals surface area contributed by atoms with Crippen molar-refractivity contribution in [3.05, 3.63) is 52.3 Å². The number of piperidine rings is 1. The molecule has 34 heavy (non-hydrogen) atoms. The van der Waals surface area contributed by atoms with Gasteiger partial charge in [-0.1, -0.05) is 24.2 Å². The zero-order valence-electron chi connectivity index (χ0n) is 20.3. The van der Waals surface area contributed by atoms with Gasteiger partial charge < -0.3 is 30.7 Å². The third-order valence-corrected chi connectivity index (χ3v) is 7.02. The topological polar surface area (TPSA) is 101 Å².